The van der Waals surface area contributed by atoms with Crippen LogP contribution in [-0.4, -0.2) is 17.6 Å². The summed E-state index contributed by atoms with van der Waals surface area (Å²) in [6, 6.07) is -0.129. The minimum atomic E-state index is -0.621. The van der Waals surface area contributed by atoms with Crippen LogP contribution in [0.3, 0.4) is 0 Å². The van der Waals surface area contributed by atoms with Crippen molar-refractivity contribution < 1.29 is 9.18 Å². The largest absolute Gasteiger partial charge is 0.344 e. The van der Waals surface area contributed by atoms with E-state index in [4.69, 9.17) is 0 Å². The second-order valence-corrected chi connectivity index (χ2v) is 5.06. The van der Waals surface area contributed by atoms with Crippen LogP contribution in [-0.2, 0) is 4.79 Å². The van der Waals surface area contributed by atoms with Crippen LogP contribution in [0.15, 0.2) is 17.5 Å². The molecule has 1 aliphatic rings. The predicted octanol–water partition coefficient (Wildman–Crippen LogP) is 2.72. The molecule has 0 radical (unpaired) electrons. The molecule has 1 aromatic rings. The van der Waals surface area contributed by atoms with Gasteiger partial charge in [-0.05, 0) is 25.8 Å². The highest BCUT2D eigenvalue weighted by atomic mass is 32.1. The lowest BCUT2D eigenvalue weighted by atomic mass is 10.2. The van der Waals surface area contributed by atoms with Gasteiger partial charge >= 0.3 is 0 Å². The molecule has 1 aromatic heterocycles. The Labute approximate surface area is 104 Å². The van der Waals surface area contributed by atoms with Crippen LogP contribution in [0.4, 0.5) is 4.39 Å². The third-order valence-electron chi connectivity index (χ3n) is 2.63. The van der Waals surface area contributed by atoms with Crippen molar-refractivity contribution in [3.05, 3.63) is 28.2 Å². The molecule has 3 nitrogen and oxygen atoms in total. The average molecular weight is 254 g/mol. The minimum Gasteiger partial charge on any atom is -0.344 e. The normalized spacial score (nSPS) is 17.3. The number of halogens is 1. The molecule has 92 valence electrons. The van der Waals surface area contributed by atoms with Gasteiger partial charge in [-0.2, -0.15) is 0 Å². The van der Waals surface area contributed by atoms with Gasteiger partial charge in [0, 0.05) is 17.4 Å². The number of alkyl halides is 1. The van der Waals surface area contributed by atoms with E-state index in [9.17, 15) is 9.18 Å². The number of rotatable bonds is 5. The van der Waals surface area contributed by atoms with Gasteiger partial charge in [-0.1, -0.05) is 0 Å². The standard InChI is InChI=1S/C12H15FN2OS/c1-8(14-11(16)3-2-6-13)10-7-17-12(15-10)9-4-5-9/h2-3,7-9H,4-6H2,1H3,(H,14,16)/b3-2+. The Bertz CT molecular complexity index is 426. The van der Waals surface area contributed by atoms with E-state index in [-0.39, 0.29) is 11.9 Å². The number of allylic oxidation sites excluding steroid dienone is 1. The minimum absolute atomic E-state index is 0.129. The predicted molar refractivity (Wildman–Crippen MR) is 65.8 cm³/mol. The molecule has 1 N–H and O–H groups in total. The van der Waals surface area contributed by atoms with Gasteiger partial charge < -0.3 is 5.32 Å². The van der Waals surface area contributed by atoms with Crippen molar-refractivity contribution in [1.82, 2.24) is 10.3 Å². The van der Waals surface area contributed by atoms with Crippen LogP contribution in [0.25, 0.3) is 0 Å². The maximum absolute atomic E-state index is 11.8. The summed E-state index contributed by atoms with van der Waals surface area (Å²) in [5, 5.41) is 5.91. The lowest BCUT2D eigenvalue weighted by molar-refractivity contribution is -0.117. The molecule has 1 atom stereocenters. The first-order valence-electron chi connectivity index (χ1n) is 5.69. The Hall–Kier alpha value is -1.23. The molecule has 1 aliphatic carbocycles. The Kier molecular flexibility index (Phi) is 3.89. The van der Waals surface area contributed by atoms with Crippen molar-refractivity contribution in [2.24, 2.45) is 0 Å². The summed E-state index contributed by atoms with van der Waals surface area (Å²) in [6.45, 7) is 1.26. The van der Waals surface area contributed by atoms with Crippen molar-refractivity contribution >= 4 is 17.2 Å². The van der Waals surface area contributed by atoms with Crippen LogP contribution < -0.4 is 5.32 Å². The van der Waals surface area contributed by atoms with Crippen LogP contribution in [0.5, 0.6) is 0 Å². The highest BCUT2D eigenvalue weighted by molar-refractivity contribution is 7.09. The van der Waals surface area contributed by atoms with E-state index in [0.717, 1.165) is 5.69 Å². The molecule has 5 heteroatoms. The van der Waals surface area contributed by atoms with E-state index in [2.05, 4.69) is 10.3 Å². The molecule has 0 saturated heterocycles. The highest BCUT2D eigenvalue weighted by Gasteiger charge is 2.27. The van der Waals surface area contributed by atoms with Gasteiger partial charge in [0.1, 0.15) is 6.67 Å². The Balaban J connectivity index is 1.91. The van der Waals surface area contributed by atoms with Crippen LogP contribution in [0.1, 0.15) is 42.4 Å². The molecule has 0 spiro atoms. The fraction of sp³-hybridized carbons (Fsp3) is 0.500. The monoisotopic (exact) mass is 254 g/mol. The summed E-state index contributed by atoms with van der Waals surface area (Å²) in [4.78, 5) is 15.9. The fourth-order valence-corrected chi connectivity index (χ4v) is 2.59. The molecule has 17 heavy (non-hydrogen) atoms. The highest BCUT2D eigenvalue weighted by Crippen LogP contribution is 2.41. The number of hydrogen-bond donors (Lipinski definition) is 1. The molecule has 0 aromatic carbocycles. The Morgan fingerprint density at radius 2 is 2.53 bits per heavy atom. The van der Waals surface area contributed by atoms with Gasteiger partial charge in [0.2, 0.25) is 5.91 Å². The summed E-state index contributed by atoms with van der Waals surface area (Å²) in [7, 11) is 0. The third kappa shape index (κ3) is 3.36. The SMILES string of the molecule is CC(NC(=O)/C=C/CF)c1csc(C2CC2)n1. The zero-order chi connectivity index (χ0) is 12.3. The number of carbonyl (C=O) groups excluding carboxylic acids is 1. The number of aromatic nitrogens is 1. The molecule has 1 heterocycles. The topological polar surface area (TPSA) is 42.0 Å². The van der Waals surface area contributed by atoms with E-state index in [1.165, 1.54) is 30.0 Å². The number of hydrogen-bond acceptors (Lipinski definition) is 3. The number of amides is 1. The zero-order valence-electron chi connectivity index (χ0n) is 9.65. The van der Waals surface area contributed by atoms with Gasteiger partial charge in [0.15, 0.2) is 0 Å². The van der Waals surface area contributed by atoms with Crippen LogP contribution in [0, 0.1) is 0 Å². The average Bonchev–Trinajstić information content (AvgIpc) is 3.04. The zero-order valence-corrected chi connectivity index (χ0v) is 10.5. The lowest BCUT2D eigenvalue weighted by Crippen LogP contribution is -2.24. The summed E-state index contributed by atoms with van der Waals surface area (Å²) < 4.78 is 11.8. The number of carbonyl (C=O) groups is 1. The number of thiazole rings is 1. The maximum atomic E-state index is 11.8. The summed E-state index contributed by atoms with van der Waals surface area (Å²) in [5.74, 6) is 0.360. The molecule has 0 aliphatic heterocycles. The lowest BCUT2D eigenvalue weighted by Gasteiger charge is -2.09. The molecule has 1 unspecified atom stereocenters. The molecule has 1 saturated carbocycles. The molecular weight excluding hydrogens is 239 g/mol. The summed E-state index contributed by atoms with van der Waals surface area (Å²) in [6.07, 6.45) is 4.86. The van der Waals surface area contributed by atoms with Crippen molar-refractivity contribution in [1.29, 1.82) is 0 Å². The quantitative estimate of drug-likeness (QED) is 0.821. The van der Waals surface area contributed by atoms with Crippen molar-refractivity contribution in [3.63, 3.8) is 0 Å². The van der Waals surface area contributed by atoms with Crippen molar-refractivity contribution in [3.8, 4) is 0 Å². The first kappa shape index (κ1) is 12.2. The third-order valence-corrected chi connectivity index (χ3v) is 3.65. The molecule has 1 fully saturated rings. The molecule has 0 bridgehead atoms. The van der Waals surface area contributed by atoms with Crippen LogP contribution >= 0.6 is 11.3 Å². The molecular formula is C12H15FN2OS. The van der Waals surface area contributed by atoms with E-state index < -0.39 is 6.67 Å². The summed E-state index contributed by atoms with van der Waals surface area (Å²) in [5.41, 5.74) is 0.888. The number of nitrogens with zero attached hydrogens (tertiary/aromatic N) is 1. The van der Waals surface area contributed by atoms with Gasteiger partial charge in [-0.15, -0.1) is 11.3 Å². The molecule has 1 amide bonds. The smallest absolute Gasteiger partial charge is 0.244 e. The Morgan fingerprint density at radius 3 is 3.18 bits per heavy atom. The van der Waals surface area contributed by atoms with Crippen molar-refractivity contribution in [2.75, 3.05) is 6.67 Å². The van der Waals surface area contributed by atoms with Crippen molar-refractivity contribution in [2.45, 2.75) is 31.7 Å². The van der Waals surface area contributed by atoms with Gasteiger partial charge in [0.25, 0.3) is 0 Å². The number of nitrogens with one attached hydrogen (secondary N) is 1. The van der Waals surface area contributed by atoms with E-state index in [1.807, 2.05) is 12.3 Å². The fourth-order valence-electron chi connectivity index (χ4n) is 1.50. The second kappa shape index (κ2) is 5.40. The Morgan fingerprint density at radius 1 is 1.76 bits per heavy atom. The molecule has 2 rings (SSSR count). The summed E-state index contributed by atoms with van der Waals surface area (Å²) >= 11 is 1.65. The first-order chi connectivity index (χ1) is 8.20. The maximum Gasteiger partial charge on any atom is 0.244 e. The van der Waals surface area contributed by atoms with Gasteiger partial charge in [-0.25, -0.2) is 9.37 Å². The van der Waals surface area contributed by atoms with E-state index in [1.54, 1.807) is 11.3 Å². The second-order valence-electron chi connectivity index (χ2n) is 4.17. The van der Waals surface area contributed by atoms with E-state index >= 15 is 0 Å². The van der Waals surface area contributed by atoms with Gasteiger partial charge in [-0.3, -0.25) is 4.79 Å². The van der Waals surface area contributed by atoms with E-state index in [0.29, 0.717) is 5.92 Å². The first-order valence-corrected chi connectivity index (χ1v) is 6.57. The van der Waals surface area contributed by atoms with Crippen LogP contribution in [0.2, 0.25) is 0 Å². The van der Waals surface area contributed by atoms with Gasteiger partial charge in [0.05, 0.1) is 16.7 Å².